The minimum atomic E-state index is 0.202. The first kappa shape index (κ1) is 28.1. The SMILES string of the molecule is CCCc1c(-c2cc(CN3CCN(CCO)CC3)c(O)c(CN3CCN(CCO)CC3)c2)ssc1=S. The standard InChI is InChI=1S/C26H40N4O3S3/c1-2-3-23-25(35-36-26(23)34)20-16-21(18-29-8-4-27(5-9-29)12-14-31)24(33)22(17-20)19-30-10-6-28(7-11-30)13-15-32/h16-17,31-33H,2-15,18-19H2,1H3. The molecule has 0 aliphatic carbocycles. The van der Waals surface area contributed by atoms with Crippen LogP contribution in [0.15, 0.2) is 12.1 Å². The molecule has 0 unspecified atom stereocenters. The molecule has 2 fully saturated rings. The summed E-state index contributed by atoms with van der Waals surface area (Å²) in [5.74, 6) is 0.421. The molecule has 36 heavy (non-hydrogen) atoms. The van der Waals surface area contributed by atoms with Gasteiger partial charge < -0.3 is 15.3 Å². The Bertz CT molecular complexity index is 979. The van der Waals surface area contributed by atoms with Gasteiger partial charge in [0.25, 0.3) is 0 Å². The summed E-state index contributed by atoms with van der Waals surface area (Å²) in [6.07, 6.45) is 2.05. The van der Waals surface area contributed by atoms with Crippen molar-refractivity contribution in [2.75, 3.05) is 78.7 Å². The van der Waals surface area contributed by atoms with Gasteiger partial charge in [0.2, 0.25) is 0 Å². The molecule has 200 valence electrons. The fourth-order valence-electron chi connectivity index (χ4n) is 5.20. The van der Waals surface area contributed by atoms with E-state index in [4.69, 9.17) is 12.2 Å². The number of nitrogens with zero attached hydrogens (tertiary/aromatic N) is 4. The molecule has 2 aliphatic rings. The van der Waals surface area contributed by atoms with Gasteiger partial charge in [0.15, 0.2) is 0 Å². The Balaban J connectivity index is 1.58. The van der Waals surface area contributed by atoms with E-state index in [1.54, 1.807) is 20.7 Å². The smallest absolute Gasteiger partial charge is 0.124 e. The van der Waals surface area contributed by atoms with Crippen LogP contribution in [-0.2, 0) is 19.5 Å². The van der Waals surface area contributed by atoms with Gasteiger partial charge in [0, 0.05) is 89.7 Å². The number of β-amino-alcohol motifs (C(OH)–C–C–N with tert-alkyl or cyclic N) is 2. The highest BCUT2D eigenvalue weighted by molar-refractivity contribution is 7.80. The highest BCUT2D eigenvalue weighted by Crippen LogP contribution is 2.39. The van der Waals surface area contributed by atoms with E-state index in [-0.39, 0.29) is 13.2 Å². The largest absolute Gasteiger partial charge is 0.507 e. The fraction of sp³-hybridized carbons (Fsp3) is 0.654. The Hall–Kier alpha value is -0.950. The predicted octanol–water partition coefficient (Wildman–Crippen LogP) is 3.08. The summed E-state index contributed by atoms with van der Waals surface area (Å²) >= 11 is 5.67. The maximum atomic E-state index is 11.4. The van der Waals surface area contributed by atoms with Crippen LogP contribution < -0.4 is 0 Å². The third kappa shape index (κ3) is 7.12. The van der Waals surface area contributed by atoms with Gasteiger partial charge >= 0.3 is 0 Å². The molecule has 0 spiro atoms. The van der Waals surface area contributed by atoms with E-state index in [0.29, 0.717) is 5.75 Å². The molecule has 0 bridgehead atoms. The summed E-state index contributed by atoms with van der Waals surface area (Å²) in [4.78, 5) is 10.7. The number of rotatable bonds is 11. The van der Waals surface area contributed by atoms with Crippen LogP contribution in [0.5, 0.6) is 5.75 Å². The van der Waals surface area contributed by atoms with Gasteiger partial charge in [-0.3, -0.25) is 19.6 Å². The molecule has 3 heterocycles. The van der Waals surface area contributed by atoms with Gasteiger partial charge in [-0.2, -0.15) is 0 Å². The van der Waals surface area contributed by atoms with Crippen LogP contribution in [0.25, 0.3) is 10.4 Å². The second-order valence-corrected chi connectivity index (χ2v) is 12.7. The van der Waals surface area contributed by atoms with Gasteiger partial charge in [-0.25, -0.2) is 0 Å². The highest BCUT2D eigenvalue weighted by atomic mass is 32.9. The van der Waals surface area contributed by atoms with Crippen LogP contribution >= 0.6 is 32.9 Å². The summed E-state index contributed by atoms with van der Waals surface area (Å²) < 4.78 is 0.994. The van der Waals surface area contributed by atoms with Gasteiger partial charge in [-0.1, -0.05) is 46.2 Å². The molecule has 2 aromatic rings. The molecule has 10 heteroatoms. The van der Waals surface area contributed by atoms with Crippen molar-refractivity contribution in [1.29, 1.82) is 0 Å². The maximum absolute atomic E-state index is 11.4. The normalized spacial score (nSPS) is 18.8. The molecule has 2 saturated heterocycles. The van der Waals surface area contributed by atoms with E-state index in [1.807, 2.05) is 0 Å². The van der Waals surface area contributed by atoms with E-state index in [2.05, 4.69) is 38.7 Å². The first-order valence-electron chi connectivity index (χ1n) is 13.1. The first-order valence-corrected chi connectivity index (χ1v) is 15.7. The van der Waals surface area contributed by atoms with Crippen LogP contribution in [0.3, 0.4) is 0 Å². The van der Waals surface area contributed by atoms with E-state index in [0.717, 1.165) is 106 Å². The van der Waals surface area contributed by atoms with Gasteiger partial charge in [0.1, 0.15) is 9.57 Å². The molecule has 0 radical (unpaired) electrons. The third-order valence-electron chi connectivity index (χ3n) is 7.30. The number of aromatic hydroxyl groups is 1. The number of phenols is 1. The van der Waals surface area contributed by atoms with Crippen LogP contribution in [-0.4, -0.2) is 114 Å². The van der Waals surface area contributed by atoms with Gasteiger partial charge in [-0.05, 0) is 29.7 Å². The third-order valence-corrected chi connectivity index (χ3v) is 10.5. The van der Waals surface area contributed by atoms with Crippen molar-refractivity contribution < 1.29 is 15.3 Å². The maximum Gasteiger partial charge on any atom is 0.124 e. The van der Waals surface area contributed by atoms with Crippen molar-refractivity contribution in [3.63, 3.8) is 0 Å². The summed E-state index contributed by atoms with van der Waals surface area (Å²) in [5, 5.41) is 29.9. The molecule has 0 saturated carbocycles. The van der Waals surface area contributed by atoms with Crippen LogP contribution in [0.4, 0.5) is 0 Å². The number of aliphatic hydroxyl groups is 2. The summed E-state index contributed by atoms with van der Waals surface area (Å²) in [6, 6.07) is 4.37. The predicted molar refractivity (Wildman–Crippen MR) is 152 cm³/mol. The summed E-state index contributed by atoms with van der Waals surface area (Å²) in [7, 11) is 3.45. The van der Waals surface area contributed by atoms with Gasteiger partial charge in [0.05, 0.1) is 18.1 Å². The molecule has 4 rings (SSSR count). The van der Waals surface area contributed by atoms with Crippen molar-refractivity contribution in [3.8, 4) is 16.2 Å². The van der Waals surface area contributed by atoms with Crippen molar-refractivity contribution in [2.24, 2.45) is 0 Å². The monoisotopic (exact) mass is 552 g/mol. The van der Waals surface area contributed by atoms with E-state index in [1.165, 1.54) is 16.0 Å². The van der Waals surface area contributed by atoms with Crippen molar-refractivity contribution in [1.82, 2.24) is 19.6 Å². The van der Waals surface area contributed by atoms with E-state index < -0.39 is 0 Å². The number of hydrogen-bond acceptors (Lipinski definition) is 10. The summed E-state index contributed by atoms with van der Waals surface area (Å²) in [5.41, 5.74) is 4.43. The minimum Gasteiger partial charge on any atom is -0.507 e. The fourth-order valence-corrected chi connectivity index (χ4v) is 8.19. The number of phenolic OH excluding ortho intramolecular Hbond substituents is 1. The Labute approximate surface area is 227 Å². The Kier molecular flexibility index (Phi) is 10.7. The summed E-state index contributed by atoms with van der Waals surface area (Å²) in [6.45, 7) is 13.0. The van der Waals surface area contributed by atoms with Crippen molar-refractivity contribution in [2.45, 2.75) is 32.9 Å². The first-order chi connectivity index (χ1) is 17.5. The van der Waals surface area contributed by atoms with Crippen LogP contribution in [0.2, 0.25) is 0 Å². The number of benzene rings is 1. The molecule has 1 aromatic heterocycles. The molecule has 2 aliphatic heterocycles. The molecule has 1 aromatic carbocycles. The van der Waals surface area contributed by atoms with E-state index in [9.17, 15) is 15.3 Å². The second kappa shape index (κ2) is 13.7. The zero-order valence-corrected chi connectivity index (χ0v) is 23.8. The zero-order valence-electron chi connectivity index (χ0n) is 21.3. The Morgan fingerprint density at radius 2 is 1.25 bits per heavy atom. The lowest BCUT2D eigenvalue weighted by Gasteiger charge is -2.35. The lowest BCUT2D eigenvalue weighted by atomic mass is 9.99. The molecule has 0 atom stereocenters. The number of aliphatic hydroxyl groups excluding tert-OH is 2. The molecule has 3 N–H and O–H groups in total. The minimum absolute atomic E-state index is 0.202. The number of hydrogen-bond donors (Lipinski definition) is 3. The number of piperazine rings is 2. The van der Waals surface area contributed by atoms with Crippen LogP contribution in [0, 0.1) is 3.82 Å². The molecule has 7 nitrogen and oxygen atoms in total. The second-order valence-electron chi connectivity index (χ2n) is 9.84. The van der Waals surface area contributed by atoms with E-state index >= 15 is 0 Å². The highest BCUT2D eigenvalue weighted by Gasteiger charge is 2.23. The lowest BCUT2D eigenvalue weighted by molar-refractivity contribution is 0.106. The van der Waals surface area contributed by atoms with Crippen LogP contribution in [0.1, 0.15) is 30.0 Å². The lowest BCUT2D eigenvalue weighted by Crippen LogP contribution is -2.47. The zero-order chi connectivity index (χ0) is 25.5. The van der Waals surface area contributed by atoms with Crippen molar-refractivity contribution in [3.05, 3.63) is 32.6 Å². The average molecular weight is 553 g/mol. The molecular formula is C26H40N4O3S3. The average Bonchev–Trinajstić information content (AvgIpc) is 3.24. The quantitative estimate of drug-likeness (QED) is 0.290. The molecular weight excluding hydrogens is 513 g/mol. The Morgan fingerprint density at radius 3 is 1.69 bits per heavy atom. The van der Waals surface area contributed by atoms with Gasteiger partial charge in [-0.15, -0.1) is 0 Å². The molecule has 0 amide bonds. The Morgan fingerprint density at radius 1 is 0.778 bits per heavy atom. The van der Waals surface area contributed by atoms with Crippen molar-refractivity contribution >= 4 is 32.9 Å². The topological polar surface area (TPSA) is 73.7 Å².